The molecule has 2 aromatic carbocycles. The number of nitrogens with one attached hydrogen (secondary N) is 2. The summed E-state index contributed by atoms with van der Waals surface area (Å²) in [6.07, 6.45) is 0. The van der Waals surface area contributed by atoms with Crippen LogP contribution >= 0.6 is 0 Å². The van der Waals surface area contributed by atoms with Crippen molar-refractivity contribution in [3.8, 4) is 17.0 Å². The second kappa shape index (κ2) is 10.3. The van der Waals surface area contributed by atoms with E-state index in [9.17, 15) is 9.59 Å². The highest BCUT2D eigenvalue weighted by Gasteiger charge is 2.32. The van der Waals surface area contributed by atoms with Crippen LogP contribution in [0.2, 0.25) is 0 Å². The second-order valence-corrected chi connectivity index (χ2v) is 10.1. The van der Waals surface area contributed by atoms with Gasteiger partial charge in [0.05, 0.1) is 12.3 Å². The summed E-state index contributed by atoms with van der Waals surface area (Å²) in [6.45, 7) is 14.2. The maximum absolute atomic E-state index is 12.7. The standard InChI is InChI=1S/C28H35N3O4/c1-8-34-26(33)28(6,7)35-24-14-9-19(15-18(24)2)17-29-25(32)23-16-22(30-31-23)20-10-12-21(13-11-20)27(3,4)5/h9-16H,8,17H2,1-7H3,(H,29,32)(H,30,31). The molecule has 0 aliphatic carbocycles. The minimum atomic E-state index is -1.10. The molecular formula is C28H35N3O4. The SMILES string of the molecule is CCOC(=O)C(C)(C)Oc1ccc(CNC(=O)c2cc(-c3ccc(C(C)(C)C)cc3)n[nH]2)cc1C. The highest BCUT2D eigenvalue weighted by Crippen LogP contribution is 2.26. The first-order valence-electron chi connectivity index (χ1n) is 11.8. The molecule has 0 unspecified atom stereocenters. The highest BCUT2D eigenvalue weighted by molar-refractivity contribution is 5.93. The van der Waals surface area contributed by atoms with Gasteiger partial charge in [-0.15, -0.1) is 0 Å². The maximum Gasteiger partial charge on any atom is 0.349 e. The molecule has 0 fully saturated rings. The normalized spacial score (nSPS) is 11.7. The summed E-state index contributed by atoms with van der Waals surface area (Å²) in [6, 6.07) is 15.6. The number of amides is 1. The van der Waals surface area contributed by atoms with Crippen molar-refractivity contribution in [1.29, 1.82) is 0 Å². The van der Waals surface area contributed by atoms with Gasteiger partial charge in [0.2, 0.25) is 0 Å². The van der Waals surface area contributed by atoms with Crippen LogP contribution in [0, 0.1) is 6.92 Å². The Balaban J connectivity index is 1.61. The van der Waals surface area contributed by atoms with E-state index in [4.69, 9.17) is 9.47 Å². The van der Waals surface area contributed by atoms with E-state index < -0.39 is 11.6 Å². The van der Waals surface area contributed by atoms with Crippen molar-refractivity contribution in [2.24, 2.45) is 0 Å². The first kappa shape index (κ1) is 26.0. The Morgan fingerprint density at radius 1 is 1.00 bits per heavy atom. The fourth-order valence-corrected chi connectivity index (χ4v) is 3.56. The molecule has 0 spiro atoms. The second-order valence-electron chi connectivity index (χ2n) is 10.1. The van der Waals surface area contributed by atoms with E-state index in [1.807, 2.05) is 31.2 Å². The molecule has 1 heterocycles. The van der Waals surface area contributed by atoms with E-state index in [0.717, 1.165) is 22.4 Å². The van der Waals surface area contributed by atoms with Crippen molar-refractivity contribution < 1.29 is 19.1 Å². The Morgan fingerprint density at radius 2 is 1.69 bits per heavy atom. The number of hydrogen-bond acceptors (Lipinski definition) is 5. The molecule has 186 valence electrons. The molecule has 7 heteroatoms. The zero-order valence-corrected chi connectivity index (χ0v) is 21.6. The number of carbonyl (C=O) groups excluding carboxylic acids is 2. The average molecular weight is 478 g/mol. The third-order valence-electron chi connectivity index (χ3n) is 5.69. The third kappa shape index (κ3) is 6.50. The fraction of sp³-hybridized carbons (Fsp3) is 0.393. The molecule has 0 aliphatic heterocycles. The molecule has 0 saturated carbocycles. The Kier molecular flexibility index (Phi) is 7.68. The lowest BCUT2D eigenvalue weighted by atomic mass is 9.86. The number of carbonyl (C=O) groups is 2. The van der Waals surface area contributed by atoms with Crippen LogP contribution in [0.25, 0.3) is 11.3 Å². The summed E-state index contributed by atoms with van der Waals surface area (Å²) in [5.41, 5.74) is 4.06. The zero-order valence-electron chi connectivity index (χ0n) is 21.6. The van der Waals surface area contributed by atoms with Gasteiger partial charge in [-0.25, -0.2) is 4.79 Å². The van der Waals surface area contributed by atoms with Crippen LogP contribution in [0.5, 0.6) is 5.75 Å². The largest absolute Gasteiger partial charge is 0.476 e. The van der Waals surface area contributed by atoms with Gasteiger partial charge in [0.25, 0.3) is 5.91 Å². The van der Waals surface area contributed by atoms with Crippen molar-refractivity contribution in [2.75, 3.05) is 6.61 Å². The number of esters is 1. The van der Waals surface area contributed by atoms with Gasteiger partial charge >= 0.3 is 5.97 Å². The summed E-state index contributed by atoms with van der Waals surface area (Å²) >= 11 is 0. The molecule has 1 amide bonds. The van der Waals surface area contributed by atoms with Crippen LogP contribution in [0.15, 0.2) is 48.5 Å². The predicted molar refractivity (Wildman–Crippen MR) is 136 cm³/mol. The zero-order chi connectivity index (χ0) is 25.8. The maximum atomic E-state index is 12.7. The smallest absolute Gasteiger partial charge is 0.349 e. The summed E-state index contributed by atoms with van der Waals surface area (Å²) in [5, 5.41) is 10.0. The highest BCUT2D eigenvalue weighted by atomic mass is 16.6. The van der Waals surface area contributed by atoms with Crippen LogP contribution in [0.4, 0.5) is 0 Å². The summed E-state index contributed by atoms with van der Waals surface area (Å²) in [4.78, 5) is 24.8. The number of aromatic amines is 1. The number of benzene rings is 2. The topological polar surface area (TPSA) is 93.3 Å². The lowest BCUT2D eigenvalue weighted by molar-refractivity contribution is -0.158. The molecule has 3 aromatic rings. The van der Waals surface area contributed by atoms with Gasteiger partial charge in [0, 0.05) is 12.1 Å². The molecule has 2 N–H and O–H groups in total. The molecular weight excluding hydrogens is 442 g/mol. The van der Waals surface area contributed by atoms with E-state index >= 15 is 0 Å². The van der Waals surface area contributed by atoms with Crippen molar-refractivity contribution in [1.82, 2.24) is 15.5 Å². The summed E-state index contributed by atoms with van der Waals surface area (Å²) in [5.74, 6) is -0.0647. The summed E-state index contributed by atoms with van der Waals surface area (Å²) in [7, 11) is 0. The number of aryl methyl sites for hydroxylation is 1. The molecule has 0 saturated heterocycles. The van der Waals surface area contributed by atoms with Crippen molar-refractivity contribution in [3.63, 3.8) is 0 Å². The van der Waals surface area contributed by atoms with E-state index in [-0.39, 0.29) is 11.3 Å². The number of ether oxygens (including phenoxy) is 2. The van der Waals surface area contributed by atoms with Crippen molar-refractivity contribution in [3.05, 3.63) is 70.9 Å². The molecule has 0 radical (unpaired) electrons. The Labute approximate surface area is 207 Å². The van der Waals surface area contributed by atoms with Gasteiger partial charge in [0.1, 0.15) is 11.4 Å². The van der Waals surface area contributed by atoms with Crippen LogP contribution in [0.1, 0.15) is 68.7 Å². The lowest BCUT2D eigenvalue weighted by Crippen LogP contribution is -2.39. The number of rotatable bonds is 8. The fourth-order valence-electron chi connectivity index (χ4n) is 3.56. The minimum Gasteiger partial charge on any atom is -0.476 e. The van der Waals surface area contributed by atoms with Crippen LogP contribution in [0.3, 0.4) is 0 Å². The van der Waals surface area contributed by atoms with Crippen molar-refractivity contribution in [2.45, 2.75) is 66.0 Å². The van der Waals surface area contributed by atoms with Crippen LogP contribution in [-0.2, 0) is 21.5 Å². The predicted octanol–water partition coefficient (Wildman–Crippen LogP) is 5.33. The Morgan fingerprint density at radius 3 is 2.29 bits per heavy atom. The molecule has 1 aromatic heterocycles. The monoisotopic (exact) mass is 477 g/mol. The average Bonchev–Trinajstić information content (AvgIpc) is 3.29. The van der Waals surface area contributed by atoms with Gasteiger partial charge in [0.15, 0.2) is 5.60 Å². The van der Waals surface area contributed by atoms with Gasteiger partial charge < -0.3 is 14.8 Å². The molecule has 35 heavy (non-hydrogen) atoms. The van der Waals surface area contributed by atoms with E-state index in [0.29, 0.717) is 24.6 Å². The number of aromatic nitrogens is 2. The molecule has 7 nitrogen and oxygen atoms in total. The Bertz CT molecular complexity index is 1190. The first-order valence-corrected chi connectivity index (χ1v) is 11.8. The number of nitrogens with zero attached hydrogens (tertiary/aromatic N) is 1. The van der Waals surface area contributed by atoms with E-state index in [1.165, 1.54) is 5.56 Å². The lowest BCUT2D eigenvalue weighted by Gasteiger charge is -2.25. The molecule has 0 atom stereocenters. The Hall–Kier alpha value is -3.61. The molecule has 3 rings (SSSR count). The van der Waals surface area contributed by atoms with Crippen molar-refractivity contribution >= 4 is 11.9 Å². The third-order valence-corrected chi connectivity index (χ3v) is 5.69. The van der Waals surface area contributed by atoms with Crippen LogP contribution in [-0.4, -0.2) is 34.3 Å². The number of hydrogen-bond donors (Lipinski definition) is 2. The van der Waals surface area contributed by atoms with Gasteiger partial charge in [-0.2, -0.15) is 5.10 Å². The van der Waals surface area contributed by atoms with Gasteiger partial charge in [-0.05, 0) is 61.9 Å². The number of H-pyrrole nitrogens is 1. The first-order chi connectivity index (χ1) is 16.4. The quantitative estimate of drug-likeness (QED) is 0.428. The summed E-state index contributed by atoms with van der Waals surface area (Å²) < 4.78 is 11.0. The van der Waals surface area contributed by atoms with E-state index in [2.05, 4.69) is 48.4 Å². The van der Waals surface area contributed by atoms with Gasteiger partial charge in [-0.1, -0.05) is 57.2 Å². The van der Waals surface area contributed by atoms with Gasteiger partial charge in [-0.3, -0.25) is 9.89 Å². The van der Waals surface area contributed by atoms with E-state index in [1.54, 1.807) is 32.9 Å². The molecule has 0 aliphatic rings. The van der Waals surface area contributed by atoms with Crippen LogP contribution < -0.4 is 10.1 Å². The molecule has 0 bridgehead atoms. The minimum absolute atomic E-state index is 0.0783.